The van der Waals surface area contributed by atoms with E-state index in [0.29, 0.717) is 37.3 Å². The van der Waals surface area contributed by atoms with Gasteiger partial charge in [0, 0.05) is 26.2 Å². The SMILES string of the molecule is CCNC(=NCC1CCN(S(C)(=O)=O)CC1)NC1CC2CCC1O2. The lowest BCUT2D eigenvalue weighted by Crippen LogP contribution is -2.47. The largest absolute Gasteiger partial charge is 0.373 e. The summed E-state index contributed by atoms with van der Waals surface area (Å²) in [6, 6.07) is 0.369. The lowest BCUT2D eigenvalue weighted by atomic mass is 9.96. The smallest absolute Gasteiger partial charge is 0.211 e. The number of rotatable bonds is 5. The summed E-state index contributed by atoms with van der Waals surface area (Å²) in [5.74, 6) is 1.32. The average Bonchev–Trinajstić information content (AvgIpc) is 3.15. The summed E-state index contributed by atoms with van der Waals surface area (Å²) in [6.45, 7) is 4.88. The Kier molecular flexibility index (Phi) is 5.66. The summed E-state index contributed by atoms with van der Waals surface area (Å²) in [4.78, 5) is 4.74. The highest BCUT2D eigenvalue weighted by Gasteiger charge is 2.41. The van der Waals surface area contributed by atoms with Crippen LogP contribution in [0.25, 0.3) is 0 Å². The fourth-order valence-corrected chi connectivity index (χ4v) is 4.80. The molecule has 3 heterocycles. The second-order valence-corrected chi connectivity index (χ2v) is 9.17. The van der Waals surface area contributed by atoms with Crippen molar-refractivity contribution in [2.45, 2.75) is 57.3 Å². The molecule has 0 aromatic heterocycles. The van der Waals surface area contributed by atoms with Crippen molar-refractivity contribution in [3.05, 3.63) is 0 Å². The number of piperidine rings is 1. The van der Waals surface area contributed by atoms with Crippen LogP contribution < -0.4 is 10.6 Å². The van der Waals surface area contributed by atoms with Crippen molar-refractivity contribution < 1.29 is 13.2 Å². The molecule has 8 heteroatoms. The Bertz CT molecular complexity index is 558. The van der Waals surface area contributed by atoms with Crippen molar-refractivity contribution in [3.8, 4) is 0 Å². The first-order valence-corrected chi connectivity index (χ1v) is 11.0. The maximum absolute atomic E-state index is 11.6. The van der Waals surface area contributed by atoms with E-state index in [0.717, 1.165) is 44.7 Å². The molecule has 2 bridgehead atoms. The van der Waals surface area contributed by atoms with Gasteiger partial charge in [0.15, 0.2) is 5.96 Å². The Balaban J connectivity index is 1.49. The molecule has 3 aliphatic heterocycles. The molecule has 3 aliphatic rings. The molecule has 3 fully saturated rings. The van der Waals surface area contributed by atoms with Crippen molar-refractivity contribution in [1.82, 2.24) is 14.9 Å². The number of hydrogen-bond donors (Lipinski definition) is 2. The number of guanidine groups is 1. The minimum absolute atomic E-state index is 0.330. The summed E-state index contributed by atoms with van der Waals surface area (Å²) in [5, 5.41) is 6.85. The quantitative estimate of drug-likeness (QED) is 0.553. The standard InChI is InChI=1S/C16H30N4O3S/c1-3-17-16(19-14-10-13-4-5-15(14)23-13)18-11-12-6-8-20(9-7-12)24(2,21)22/h12-15H,3-11H2,1-2H3,(H2,17,18,19). The highest BCUT2D eigenvalue weighted by Crippen LogP contribution is 2.34. The first-order valence-electron chi connectivity index (χ1n) is 9.11. The molecule has 3 rings (SSSR count). The number of nitrogens with one attached hydrogen (secondary N) is 2. The van der Waals surface area contributed by atoms with Gasteiger partial charge < -0.3 is 15.4 Å². The van der Waals surface area contributed by atoms with Crippen LogP contribution in [0.3, 0.4) is 0 Å². The number of hydrogen-bond acceptors (Lipinski definition) is 4. The summed E-state index contributed by atoms with van der Waals surface area (Å²) in [5.41, 5.74) is 0. The number of nitrogens with zero attached hydrogens (tertiary/aromatic N) is 2. The van der Waals surface area contributed by atoms with E-state index in [1.165, 1.54) is 12.7 Å². The third-order valence-corrected chi connectivity index (χ3v) is 6.63. The second-order valence-electron chi connectivity index (χ2n) is 7.19. The molecule has 3 saturated heterocycles. The van der Waals surface area contributed by atoms with Gasteiger partial charge in [0.05, 0.1) is 24.5 Å². The first-order chi connectivity index (χ1) is 11.5. The van der Waals surface area contributed by atoms with Crippen LogP contribution in [0.5, 0.6) is 0 Å². The van der Waals surface area contributed by atoms with Gasteiger partial charge in [-0.05, 0) is 44.9 Å². The molecule has 0 amide bonds. The lowest BCUT2D eigenvalue weighted by Gasteiger charge is -2.29. The van der Waals surface area contributed by atoms with Gasteiger partial charge in [0.25, 0.3) is 0 Å². The molecule has 3 atom stereocenters. The second kappa shape index (κ2) is 7.58. The van der Waals surface area contributed by atoms with E-state index in [2.05, 4.69) is 17.6 Å². The number of fused-ring (bicyclic) bond motifs is 2. The van der Waals surface area contributed by atoms with Gasteiger partial charge in [0.1, 0.15) is 0 Å². The molecule has 0 radical (unpaired) electrons. The van der Waals surface area contributed by atoms with Crippen molar-refractivity contribution in [1.29, 1.82) is 0 Å². The van der Waals surface area contributed by atoms with Crippen LogP contribution in [-0.4, -0.2) is 69.4 Å². The van der Waals surface area contributed by atoms with E-state index in [-0.39, 0.29) is 0 Å². The Hall–Kier alpha value is -0.860. The molecular formula is C16H30N4O3S. The average molecular weight is 359 g/mol. The molecule has 2 N–H and O–H groups in total. The Morgan fingerprint density at radius 3 is 2.54 bits per heavy atom. The van der Waals surface area contributed by atoms with Crippen molar-refractivity contribution >= 4 is 16.0 Å². The molecule has 0 spiro atoms. The van der Waals surface area contributed by atoms with E-state index in [1.807, 2.05) is 0 Å². The van der Waals surface area contributed by atoms with Gasteiger partial charge in [-0.15, -0.1) is 0 Å². The number of aliphatic imine (C=N–C) groups is 1. The monoisotopic (exact) mass is 358 g/mol. The van der Waals surface area contributed by atoms with Gasteiger partial charge in [0.2, 0.25) is 10.0 Å². The normalized spacial score (nSPS) is 32.2. The van der Waals surface area contributed by atoms with Gasteiger partial charge in [-0.2, -0.15) is 0 Å². The van der Waals surface area contributed by atoms with Gasteiger partial charge in [-0.1, -0.05) is 0 Å². The Labute approximate surface area is 145 Å². The maximum atomic E-state index is 11.6. The summed E-state index contributed by atoms with van der Waals surface area (Å²) < 4.78 is 30.6. The zero-order valence-corrected chi connectivity index (χ0v) is 15.5. The van der Waals surface area contributed by atoms with Crippen LogP contribution >= 0.6 is 0 Å². The summed E-state index contributed by atoms with van der Waals surface area (Å²) in [7, 11) is -3.05. The predicted molar refractivity (Wildman–Crippen MR) is 94.6 cm³/mol. The fourth-order valence-electron chi connectivity index (χ4n) is 3.93. The fraction of sp³-hybridized carbons (Fsp3) is 0.938. The van der Waals surface area contributed by atoms with E-state index in [1.54, 1.807) is 4.31 Å². The van der Waals surface area contributed by atoms with Gasteiger partial charge in [-0.25, -0.2) is 12.7 Å². The topological polar surface area (TPSA) is 83.0 Å². The first kappa shape index (κ1) is 17.9. The highest BCUT2D eigenvalue weighted by atomic mass is 32.2. The van der Waals surface area contributed by atoms with Crippen LogP contribution in [0.1, 0.15) is 39.0 Å². The molecule has 138 valence electrons. The van der Waals surface area contributed by atoms with Gasteiger partial charge in [-0.3, -0.25) is 4.99 Å². The molecule has 0 aromatic rings. The maximum Gasteiger partial charge on any atom is 0.211 e. The molecule has 7 nitrogen and oxygen atoms in total. The highest BCUT2D eigenvalue weighted by molar-refractivity contribution is 7.88. The Morgan fingerprint density at radius 1 is 1.25 bits per heavy atom. The molecule has 0 aliphatic carbocycles. The predicted octanol–water partition coefficient (Wildman–Crippen LogP) is 0.533. The zero-order chi connectivity index (χ0) is 17.2. The lowest BCUT2D eigenvalue weighted by molar-refractivity contribution is 0.0992. The van der Waals surface area contributed by atoms with E-state index in [4.69, 9.17) is 9.73 Å². The van der Waals surface area contributed by atoms with Crippen molar-refractivity contribution in [2.75, 3.05) is 32.4 Å². The van der Waals surface area contributed by atoms with E-state index >= 15 is 0 Å². The minimum Gasteiger partial charge on any atom is -0.373 e. The summed E-state index contributed by atoms with van der Waals surface area (Å²) in [6.07, 6.45) is 7.21. The van der Waals surface area contributed by atoms with Crippen molar-refractivity contribution in [3.63, 3.8) is 0 Å². The van der Waals surface area contributed by atoms with Crippen molar-refractivity contribution in [2.24, 2.45) is 10.9 Å². The van der Waals surface area contributed by atoms with Crippen LogP contribution in [0, 0.1) is 5.92 Å². The zero-order valence-electron chi connectivity index (χ0n) is 14.7. The molecule has 24 heavy (non-hydrogen) atoms. The van der Waals surface area contributed by atoms with Crippen LogP contribution in [0.4, 0.5) is 0 Å². The van der Waals surface area contributed by atoms with Crippen LogP contribution in [0.2, 0.25) is 0 Å². The molecule has 0 aromatic carbocycles. The summed E-state index contributed by atoms with van der Waals surface area (Å²) >= 11 is 0. The Morgan fingerprint density at radius 2 is 2.00 bits per heavy atom. The third-order valence-electron chi connectivity index (χ3n) is 5.32. The molecular weight excluding hydrogens is 328 g/mol. The van der Waals surface area contributed by atoms with Gasteiger partial charge >= 0.3 is 0 Å². The number of sulfonamides is 1. The van der Waals surface area contributed by atoms with Crippen LogP contribution in [0.15, 0.2) is 4.99 Å². The van der Waals surface area contributed by atoms with E-state index < -0.39 is 10.0 Å². The molecule has 3 unspecified atom stereocenters. The minimum atomic E-state index is -3.05. The number of ether oxygens (including phenoxy) is 1. The van der Waals surface area contributed by atoms with Crippen LogP contribution in [-0.2, 0) is 14.8 Å². The molecule has 0 saturated carbocycles. The van der Waals surface area contributed by atoms with E-state index in [9.17, 15) is 8.42 Å². The third kappa shape index (κ3) is 4.40.